The number of nitrogens with one attached hydrogen (secondary N) is 1. The van der Waals surface area contributed by atoms with Crippen LogP contribution in [0.1, 0.15) is 53.4 Å². The zero-order valence-corrected chi connectivity index (χ0v) is 10.8. The first-order valence-corrected chi connectivity index (χ1v) is 6.39. The second-order valence-corrected chi connectivity index (χ2v) is 5.60. The predicted molar refractivity (Wildman–Crippen MR) is 65.1 cm³/mol. The normalized spacial score (nSPS) is 20.4. The van der Waals surface area contributed by atoms with Gasteiger partial charge in [-0.1, -0.05) is 26.7 Å². The van der Waals surface area contributed by atoms with Crippen LogP contribution in [0.4, 0.5) is 0 Å². The van der Waals surface area contributed by atoms with E-state index in [0.717, 1.165) is 13.2 Å². The molecule has 0 aromatic heterocycles. The van der Waals surface area contributed by atoms with E-state index in [1.54, 1.807) is 0 Å². The lowest BCUT2D eigenvalue weighted by atomic mass is 9.87. The van der Waals surface area contributed by atoms with E-state index in [2.05, 4.69) is 33.0 Å². The molecule has 1 saturated carbocycles. The Morgan fingerprint density at radius 1 is 1.13 bits per heavy atom. The second-order valence-electron chi connectivity index (χ2n) is 5.60. The van der Waals surface area contributed by atoms with Crippen molar-refractivity contribution in [3.63, 3.8) is 0 Å². The molecule has 0 heterocycles. The molecule has 0 amide bonds. The molecule has 0 unspecified atom stereocenters. The summed E-state index contributed by atoms with van der Waals surface area (Å²) in [6.07, 6.45) is 5.78. The number of hydrogen-bond donors (Lipinski definition) is 1. The van der Waals surface area contributed by atoms with Crippen LogP contribution in [0.2, 0.25) is 0 Å². The lowest BCUT2D eigenvalue weighted by Gasteiger charge is -2.31. The molecule has 0 radical (unpaired) electrons. The Kier molecular flexibility index (Phi) is 5.07. The third-order valence-electron chi connectivity index (χ3n) is 3.27. The average molecular weight is 213 g/mol. The van der Waals surface area contributed by atoms with Gasteiger partial charge in [0.1, 0.15) is 0 Å². The second kappa shape index (κ2) is 5.86. The van der Waals surface area contributed by atoms with Gasteiger partial charge < -0.3 is 10.1 Å². The third-order valence-corrected chi connectivity index (χ3v) is 3.27. The van der Waals surface area contributed by atoms with E-state index in [4.69, 9.17) is 4.74 Å². The summed E-state index contributed by atoms with van der Waals surface area (Å²) in [4.78, 5) is 0. The van der Waals surface area contributed by atoms with Crippen LogP contribution < -0.4 is 5.32 Å². The molecule has 15 heavy (non-hydrogen) atoms. The highest BCUT2D eigenvalue weighted by molar-refractivity contribution is 4.87. The summed E-state index contributed by atoms with van der Waals surface area (Å²) in [5.41, 5.74) is 0.425. The zero-order chi connectivity index (χ0) is 11.3. The summed E-state index contributed by atoms with van der Waals surface area (Å²) in [5.74, 6) is 0. The minimum Gasteiger partial charge on any atom is -0.378 e. The molecule has 1 rings (SSSR count). The van der Waals surface area contributed by atoms with Crippen LogP contribution in [-0.2, 0) is 4.74 Å². The summed E-state index contributed by atoms with van der Waals surface area (Å²) in [6, 6.07) is 0.585. The fourth-order valence-electron chi connectivity index (χ4n) is 2.26. The summed E-state index contributed by atoms with van der Waals surface area (Å²) >= 11 is 0. The Bertz CT molecular complexity index is 157. The third kappa shape index (κ3) is 4.52. The number of rotatable bonds is 6. The molecule has 1 aliphatic carbocycles. The summed E-state index contributed by atoms with van der Waals surface area (Å²) in [6.45, 7) is 10.7. The molecule has 1 fully saturated rings. The van der Waals surface area contributed by atoms with Gasteiger partial charge in [-0.05, 0) is 26.7 Å². The van der Waals surface area contributed by atoms with Crippen LogP contribution in [-0.4, -0.2) is 25.3 Å². The van der Waals surface area contributed by atoms with E-state index in [-0.39, 0.29) is 0 Å². The van der Waals surface area contributed by atoms with Crippen molar-refractivity contribution in [3.05, 3.63) is 0 Å². The van der Waals surface area contributed by atoms with Crippen molar-refractivity contribution in [1.29, 1.82) is 0 Å². The van der Waals surface area contributed by atoms with E-state index in [0.29, 0.717) is 17.6 Å². The molecule has 0 aromatic rings. The maximum Gasteiger partial charge on any atom is 0.0538 e. The van der Waals surface area contributed by atoms with Crippen LogP contribution in [0.15, 0.2) is 0 Å². The first kappa shape index (κ1) is 13.0. The lowest BCUT2D eigenvalue weighted by molar-refractivity contribution is 0.00859. The molecular formula is C13H27NO. The summed E-state index contributed by atoms with van der Waals surface area (Å²) in [7, 11) is 0. The Labute approximate surface area is 94.8 Å². The zero-order valence-electron chi connectivity index (χ0n) is 10.8. The van der Waals surface area contributed by atoms with Crippen LogP contribution >= 0.6 is 0 Å². The van der Waals surface area contributed by atoms with Crippen molar-refractivity contribution < 1.29 is 4.74 Å². The van der Waals surface area contributed by atoms with Gasteiger partial charge in [0.2, 0.25) is 0 Å². The fraction of sp³-hybridized carbons (Fsp3) is 1.00. The topological polar surface area (TPSA) is 21.3 Å². The first-order chi connectivity index (χ1) is 7.04. The predicted octanol–water partition coefficient (Wildman–Crippen LogP) is 2.97. The van der Waals surface area contributed by atoms with Gasteiger partial charge in [-0.25, -0.2) is 0 Å². The van der Waals surface area contributed by atoms with Gasteiger partial charge >= 0.3 is 0 Å². The molecule has 2 nitrogen and oxygen atoms in total. The minimum atomic E-state index is 0.363. The van der Waals surface area contributed by atoms with Crippen molar-refractivity contribution in [3.8, 4) is 0 Å². The first-order valence-electron chi connectivity index (χ1n) is 6.39. The standard InChI is InChI=1S/C13H27NO/c1-11(2)14-9-13(7-5-6-8-13)10-15-12(3)4/h11-12,14H,5-10H2,1-4H3. The largest absolute Gasteiger partial charge is 0.378 e. The number of hydrogen-bond acceptors (Lipinski definition) is 2. The van der Waals surface area contributed by atoms with Gasteiger partial charge in [-0.15, -0.1) is 0 Å². The van der Waals surface area contributed by atoms with Crippen molar-refractivity contribution in [2.75, 3.05) is 13.2 Å². The van der Waals surface area contributed by atoms with Gasteiger partial charge in [0, 0.05) is 18.0 Å². The maximum atomic E-state index is 5.82. The summed E-state index contributed by atoms with van der Waals surface area (Å²) in [5, 5.41) is 3.57. The quantitative estimate of drug-likeness (QED) is 0.732. The van der Waals surface area contributed by atoms with E-state index in [9.17, 15) is 0 Å². The highest BCUT2D eigenvalue weighted by Gasteiger charge is 2.34. The lowest BCUT2D eigenvalue weighted by Crippen LogP contribution is -2.39. The van der Waals surface area contributed by atoms with E-state index < -0.39 is 0 Å². The van der Waals surface area contributed by atoms with Gasteiger partial charge in [0.25, 0.3) is 0 Å². The molecule has 0 atom stereocenters. The molecule has 0 aliphatic heterocycles. The van der Waals surface area contributed by atoms with Gasteiger partial charge in [0.05, 0.1) is 12.7 Å². The molecule has 0 saturated heterocycles. The molecular weight excluding hydrogens is 186 g/mol. The van der Waals surface area contributed by atoms with E-state index in [1.165, 1.54) is 25.7 Å². The minimum absolute atomic E-state index is 0.363. The molecule has 0 bridgehead atoms. The molecule has 1 N–H and O–H groups in total. The maximum absolute atomic E-state index is 5.82. The van der Waals surface area contributed by atoms with Gasteiger partial charge in [0.15, 0.2) is 0 Å². The van der Waals surface area contributed by atoms with Crippen molar-refractivity contribution >= 4 is 0 Å². The van der Waals surface area contributed by atoms with Crippen molar-refractivity contribution in [1.82, 2.24) is 5.32 Å². The fourth-order valence-corrected chi connectivity index (χ4v) is 2.26. The Morgan fingerprint density at radius 3 is 2.20 bits per heavy atom. The molecule has 2 heteroatoms. The van der Waals surface area contributed by atoms with Crippen molar-refractivity contribution in [2.24, 2.45) is 5.41 Å². The SMILES string of the molecule is CC(C)NCC1(COC(C)C)CCCC1. The molecule has 1 aliphatic rings. The van der Waals surface area contributed by atoms with Crippen LogP contribution in [0.25, 0.3) is 0 Å². The monoisotopic (exact) mass is 213 g/mol. The molecule has 0 spiro atoms. The highest BCUT2D eigenvalue weighted by atomic mass is 16.5. The van der Waals surface area contributed by atoms with Gasteiger partial charge in [-0.2, -0.15) is 0 Å². The highest BCUT2D eigenvalue weighted by Crippen LogP contribution is 2.38. The van der Waals surface area contributed by atoms with E-state index >= 15 is 0 Å². The Morgan fingerprint density at radius 2 is 1.73 bits per heavy atom. The van der Waals surface area contributed by atoms with E-state index in [1.807, 2.05) is 0 Å². The smallest absolute Gasteiger partial charge is 0.0538 e. The van der Waals surface area contributed by atoms with Crippen LogP contribution in [0.5, 0.6) is 0 Å². The van der Waals surface area contributed by atoms with Crippen LogP contribution in [0, 0.1) is 5.41 Å². The van der Waals surface area contributed by atoms with Gasteiger partial charge in [-0.3, -0.25) is 0 Å². The Balaban J connectivity index is 2.39. The Hall–Kier alpha value is -0.0800. The molecule has 0 aromatic carbocycles. The summed E-state index contributed by atoms with van der Waals surface area (Å²) < 4.78 is 5.82. The van der Waals surface area contributed by atoms with Crippen LogP contribution in [0.3, 0.4) is 0 Å². The van der Waals surface area contributed by atoms with Crippen molar-refractivity contribution in [2.45, 2.75) is 65.5 Å². The molecule has 90 valence electrons. The number of ether oxygens (including phenoxy) is 1. The average Bonchev–Trinajstić information content (AvgIpc) is 2.61.